The van der Waals surface area contributed by atoms with E-state index in [1.807, 2.05) is 0 Å². The van der Waals surface area contributed by atoms with Crippen molar-refractivity contribution in [1.82, 2.24) is 0 Å². The standard InChI is InChI=1S/C18H16Cl2O4S/c19-17-7-15(3-1-11(17)5-13-9-23-13)25(21,22)16-4-2-12(18(20)8-16)6-14-10-24-14/h1-4,7-8,13-14H,5-6,9-10H2. The molecule has 0 N–H and O–H groups in total. The molecule has 4 rings (SSSR count). The van der Waals surface area contributed by atoms with Crippen LogP contribution in [-0.4, -0.2) is 33.8 Å². The molecule has 2 unspecified atom stereocenters. The fraction of sp³-hybridized carbons (Fsp3) is 0.333. The molecule has 2 heterocycles. The SMILES string of the molecule is O=S(=O)(c1ccc(CC2CO2)c(Cl)c1)c1ccc(CC2CO2)c(Cl)c1. The number of rotatable bonds is 6. The van der Waals surface area contributed by atoms with E-state index in [2.05, 4.69) is 0 Å². The fourth-order valence-electron chi connectivity index (χ4n) is 2.72. The Balaban J connectivity index is 1.61. The molecule has 2 aromatic rings. The molecule has 2 fully saturated rings. The normalized spacial score (nSPS) is 22.0. The monoisotopic (exact) mass is 398 g/mol. The minimum Gasteiger partial charge on any atom is -0.373 e. The second kappa shape index (κ2) is 6.56. The van der Waals surface area contributed by atoms with Crippen LogP contribution < -0.4 is 0 Å². The first kappa shape index (κ1) is 17.3. The number of ether oxygens (including phenoxy) is 2. The summed E-state index contributed by atoms with van der Waals surface area (Å²) in [5, 5.41) is 0.871. The van der Waals surface area contributed by atoms with Gasteiger partial charge in [-0.05, 0) is 35.4 Å². The van der Waals surface area contributed by atoms with Crippen molar-refractivity contribution >= 4 is 33.0 Å². The molecule has 132 valence electrons. The summed E-state index contributed by atoms with van der Waals surface area (Å²) in [6, 6.07) is 9.65. The first-order valence-corrected chi connectivity index (χ1v) is 10.2. The van der Waals surface area contributed by atoms with Crippen LogP contribution in [0.1, 0.15) is 11.1 Å². The molecule has 2 atom stereocenters. The van der Waals surface area contributed by atoms with Crippen molar-refractivity contribution in [1.29, 1.82) is 0 Å². The third-order valence-corrected chi connectivity index (χ3v) is 6.82. The van der Waals surface area contributed by atoms with Gasteiger partial charge < -0.3 is 9.47 Å². The van der Waals surface area contributed by atoms with Crippen molar-refractivity contribution in [2.75, 3.05) is 13.2 Å². The quantitative estimate of drug-likeness (QED) is 0.695. The molecule has 2 saturated heterocycles. The maximum absolute atomic E-state index is 12.9. The van der Waals surface area contributed by atoms with Gasteiger partial charge in [-0.25, -0.2) is 8.42 Å². The lowest BCUT2D eigenvalue weighted by Crippen LogP contribution is -2.04. The molecule has 0 aliphatic carbocycles. The van der Waals surface area contributed by atoms with Crippen LogP contribution >= 0.6 is 23.2 Å². The number of halogens is 2. The van der Waals surface area contributed by atoms with E-state index in [-0.39, 0.29) is 22.0 Å². The van der Waals surface area contributed by atoms with E-state index in [4.69, 9.17) is 32.7 Å². The van der Waals surface area contributed by atoms with Gasteiger partial charge in [0.15, 0.2) is 0 Å². The number of hydrogen-bond donors (Lipinski definition) is 0. The van der Waals surface area contributed by atoms with Crippen molar-refractivity contribution in [2.45, 2.75) is 34.8 Å². The molecule has 0 amide bonds. The highest BCUT2D eigenvalue weighted by molar-refractivity contribution is 7.91. The van der Waals surface area contributed by atoms with E-state index in [1.54, 1.807) is 24.3 Å². The average Bonchev–Trinajstić information content (AvgIpc) is 3.47. The van der Waals surface area contributed by atoms with Crippen LogP contribution in [0.2, 0.25) is 10.0 Å². The van der Waals surface area contributed by atoms with Gasteiger partial charge in [-0.2, -0.15) is 0 Å². The van der Waals surface area contributed by atoms with Crippen molar-refractivity contribution < 1.29 is 17.9 Å². The molecule has 0 aromatic heterocycles. The third-order valence-electron chi connectivity index (χ3n) is 4.37. The van der Waals surface area contributed by atoms with Gasteiger partial charge in [-0.3, -0.25) is 0 Å². The van der Waals surface area contributed by atoms with E-state index >= 15 is 0 Å². The molecule has 4 nitrogen and oxygen atoms in total. The zero-order valence-corrected chi connectivity index (χ0v) is 15.6. The summed E-state index contributed by atoms with van der Waals surface area (Å²) in [5.74, 6) is 0. The van der Waals surface area contributed by atoms with Gasteiger partial charge >= 0.3 is 0 Å². The summed E-state index contributed by atoms with van der Waals surface area (Å²) in [5.41, 5.74) is 1.78. The maximum atomic E-state index is 12.9. The van der Waals surface area contributed by atoms with Crippen molar-refractivity contribution in [2.24, 2.45) is 0 Å². The molecular weight excluding hydrogens is 383 g/mol. The topological polar surface area (TPSA) is 59.2 Å². The van der Waals surface area contributed by atoms with Crippen molar-refractivity contribution in [3.05, 3.63) is 57.6 Å². The van der Waals surface area contributed by atoms with Crippen LogP contribution in [0, 0.1) is 0 Å². The number of epoxide rings is 2. The van der Waals surface area contributed by atoms with E-state index in [1.165, 1.54) is 12.1 Å². The minimum absolute atomic E-state index is 0.160. The summed E-state index contributed by atoms with van der Waals surface area (Å²) >= 11 is 12.5. The highest BCUT2D eigenvalue weighted by atomic mass is 35.5. The third kappa shape index (κ3) is 3.86. The van der Waals surface area contributed by atoms with E-state index in [0.717, 1.165) is 24.3 Å². The lowest BCUT2D eigenvalue weighted by Gasteiger charge is -2.10. The van der Waals surface area contributed by atoms with Crippen LogP contribution in [0.4, 0.5) is 0 Å². The predicted molar refractivity (Wildman–Crippen MR) is 95.2 cm³/mol. The molecule has 2 aliphatic rings. The number of sulfone groups is 1. The number of benzene rings is 2. The summed E-state index contributed by atoms with van der Waals surface area (Å²) in [6.07, 6.45) is 1.79. The Bertz CT molecular complexity index is 849. The van der Waals surface area contributed by atoms with Gasteiger partial charge in [-0.1, -0.05) is 35.3 Å². The zero-order valence-electron chi connectivity index (χ0n) is 13.2. The van der Waals surface area contributed by atoms with Gasteiger partial charge in [0.2, 0.25) is 9.84 Å². The predicted octanol–water partition coefficient (Wildman–Crippen LogP) is 3.71. The summed E-state index contributed by atoms with van der Waals surface area (Å²) in [6.45, 7) is 1.46. The van der Waals surface area contributed by atoms with Crippen molar-refractivity contribution in [3.8, 4) is 0 Å². The summed E-state index contributed by atoms with van der Waals surface area (Å²) in [7, 11) is -3.67. The molecular formula is C18H16Cl2O4S. The molecule has 0 spiro atoms. The van der Waals surface area contributed by atoms with Crippen molar-refractivity contribution in [3.63, 3.8) is 0 Å². The lowest BCUT2D eigenvalue weighted by atomic mass is 10.1. The minimum atomic E-state index is -3.67. The van der Waals surface area contributed by atoms with Gasteiger partial charge in [0.1, 0.15) is 0 Å². The molecule has 0 radical (unpaired) electrons. The van der Waals surface area contributed by atoms with Gasteiger partial charge in [0, 0.05) is 22.9 Å². The van der Waals surface area contributed by atoms with Gasteiger partial charge in [0.25, 0.3) is 0 Å². The molecule has 2 aromatic carbocycles. The van der Waals surface area contributed by atoms with Crippen LogP contribution in [0.25, 0.3) is 0 Å². The highest BCUT2D eigenvalue weighted by Gasteiger charge is 2.26. The van der Waals surface area contributed by atoms with Crippen LogP contribution in [0.15, 0.2) is 46.2 Å². The second-order valence-corrected chi connectivity index (χ2v) is 9.09. The Morgan fingerprint density at radius 1 is 0.840 bits per heavy atom. The molecule has 7 heteroatoms. The summed E-state index contributed by atoms with van der Waals surface area (Å²) < 4.78 is 36.1. The Hall–Kier alpha value is -1.11. The number of hydrogen-bond acceptors (Lipinski definition) is 4. The first-order valence-electron chi connectivity index (χ1n) is 7.98. The van der Waals surface area contributed by atoms with Gasteiger partial charge in [0.05, 0.1) is 35.2 Å². The Morgan fingerprint density at radius 3 is 1.56 bits per heavy atom. The van der Waals surface area contributed by atoms with Crippen LogP contribution in [0.3, 0.4) is 0 Å². The Kier molecular flexibility index (Phi) is 4.54. The van der Waals surface area contributed by atoms with Gasteiger partial charge in [-0.15, -0.1) is 0 Å². The lowest BCUT2D eigenvalue weighted by molar-refractivity contribution is 0.407. The molecule has 0 saturated carbocycles. The Morgan fingerprint density at radius 2 is 1.24 bits per heavy atom. The molecule has 25 heavy (non-hydrogen) atoms. The second-order valence-electron chi connectivity index (χ2n) is 6.33. The smallest absolute Gasteiger partial charge is 0.206 e. The van der Waals surface area contributed by atoms with E-state index in [9.17, 15) is 8.42 Å². The Labute approximate surface area is 156 Å². The zero-order chi connectivity index (χ0) is 17.6. The summed E-state index contributed by atoms with van der Waals surface area (Å²) in [4.78, 5) is 0.319. The van der Waals surface area contributed by atoms with Crippen LogP contribution in [-0.2, 0) is 32.2 Å². The van der Waals surface area contributed by atoms with Crippen LogP contribution in [0.5, 0.6) is 0 Å². The first-order chi connectivity index (χ1) is 11.9. The maximum Gasteiger partial charge on any atom is 0.206 e. The largest absolute Gasteiger partial charge is 0.373 e. The average molecular weight is 399 g/mol. The highest BCUT2D eigenvalue weighted by Crippen LogP contribution is 2.31. The molecule has 0 bridgehead atoms. The van der Waals surface area contributed by atoms with E-state index in [0.29, 0.717) is 22.9 Å². The molecule has 2 aliphatic heterocycles. The van der Waals surface area contributed by atoms with E-state index < -0.39 is 9.84 Å². The fourth-order valence-corrected chi connectivity index (χ4v) is 4.68.